The molecule has 3 amide bonds. The third-order valence-corrected chi connectivity index (χ3v) is 9.07. The summed E-state index contributed by atoms with van der Waals surface area (Å²) in [4.78, 5) is 43.0. The Bertz CT molecular complexity index is 1300. The molecule has 2 aliphatic rings. The first kappa shape index (κ1) is 31.8. The minimum absolute atomic E-state index is 0.0136. The number of nitrogens with zero attached hydrogens (tertiary/aromatic N) is 3. The molecule has 43 heavy (non-hydrogen) atoms. The van der Waals surface area contributed by atoms with Crippen LogP contribution in [0.15, 0.2) is 54.6 Å². The molecule has 0 radical (unpaired) electrons. The lowest BCUT2D eigenvalue weighted by Crippen LogP contribution is -2.55. The minimum atomic E-state index is -1.03. The molecule has 2 atom stereocenters. The average Bonchev–Trinajstić information content (AvgIpc) is 3.06. The molecule has 4 rings (SSSR count). The summed E-state index contributed by atoms with van der Waals surface area (Å²) in [5, 5.41) is 24.6. The predicted molar refractivity (Wildman–Crippen MR) is 164 cm³/mol. The predicted octanol–water partition coefficient (Wildman–Crippen LogP) is 4.89. The summed E-state index contributed by atoms with van der Waals surface area (Å²) < 4.78 is 0. The van der Waals surface area contributed by atoms with E-state index in [2.05, 4.69) is 22.8 Å². The van der Waals surface area contributed by atoms with Crippen LogP contribution < -0.4 is 10.6 Å². The maximum absolute atomic E-state index is 14.0. The number of rotatable bonds is 11. The fourth-order valence-corrected chi connectivity index (χ4v) is 6.41. The van der Waals surface area contributed by atoms with Gasteiger partial charge >= 0.3 is 0 Å². The fourth-order valence-electron chi connectivity index (χ4n) is 6.41. The molecule has 8 nitrogen and oxygen atoms in total. The lowest BCUT2D eigenvalue weighted by atomic mass is 9.82. The van der Waals surface area contributed by atoms with Crippen molar-refractivity contribution in [2.45, 2.75) is 76.8 Å². The zero-order valence-electron chi connectivity index (χ0n) is 25.1. The van der Waals surface area contributed by atoms with E-state index < -0.39 is 17.9 Å². The van der Waals surface area contributed by atoms with Gasteiger partial charge in [0.15, 0.2) is 0 Å². The molecule has 0 bridgehead atoms. The van der Waals surface area contributed by atoms with Crippen molar-refractivity contribution in [3.8, 4) is 12.1 Å². The number of hydrogen-bond acceptors (Lipinski definition) is 5. The van der Waals surface area contributed by atoms with Gasteiger partial charge < -0.3 is 15.5 Å². The van der Waals surface area contributed by atoms with E-state index in [1.807, 2.05) is 30.3 Å². The van der Waals surface area contributed by atoms with Crippen molar-refractivity contribution in [3.63, 3.8) is 0 Å². The van der Waals surface area contributed by atoms with Crippen molar-refractivity contribution < 1.29 is 14.4 Å². The van der Waals surface area contributed by atoms with Gasteiger partial charge in [-0.3, -0.25) is 14.4 Å². The first-order chi connectivity index (χ1) is 20.9. The summed E-state index contributed by atoms with van der Waals surface area (Å²) in [6.07, 6.45) is 8.54. The average molecular weight is 582 g/mol. The highest BCUT2D eigenvalue weighted by atomic mass is 16.2. The number of carbonyl (C=O) groups excluding carboxylic acids is 3. The Hall–Kier alpha value is -4.17. The summed E-state index contributed by atoms with van der Waals surface area (Å²) in [5.74, 6) is -1.54. The van der Waals surface area contributed by atoms with Crippen molar-refractivity contribution in [3.05, 3.63) is 71.3 Å². The summed E-state index contributed by atoms with van der Waals surface area (Å²) >= 11 is 0. The largest absolute Gasteiger partial charge is 0.354 e. The van der Waals surface area contributed by atoms with Crippen LogP contribution in [-0.4, -0.2) is 42.3 Å². The Morgan fingerprint density at radius 2 is 1.53 bits per heavy atom. The first-order valence-electron chi connectivity index (χ1n) is 15.6. The molecule has 2 aromatic rings. The van der Waals surface area contributed by atoms with E-state index in [4.69, 9.17) is 0 Å². The van der Waals surface area contributed by atoms with Gasteiger partial charge in [-0.15, -0.1) is 0 Å². The molecule has 2 N–H and O–H groups in total. The minimum Gasteiger partial charge on any atom is -0.354 e. The summed E-state index contributed by atoms with van der Waals surface area (Å²) in [6, 6.07) is 20.3. The standard InChI is InChI=1S/C35H43N5O3/c1-40(24-29-8-4-2-5-9-29)35(43)31(20-25-12-14-26(21-36)15-13-25)33(41)39-32(30-10-6-3-7-11-30)34(42)38-23-28-18-16-27(22-37)17-19-28/h2,4-5,8-9,12-15,27-28,30-32H,3,6-7,10-11,16-20,23-24H2,1H3,(H,38,42)(H,39,41)/t27?,28?,31-,32+/m1/s1. The maximum atomic E-state index is 14.0. The van der Waals surface area contributed by atoms with Crippen LogP contribution in [0, 0.1) is 46.3 Å². The van der Waals surface area contributed by atoms with Crippen LogP contribution in [0.2, 0.25) is 0 Å². The highest BCUT2D eigenvalue weighted by Gasteiger charge is 2.36. The second-order valence-electron chi connectivity index (χ2n) is 12.2. The molecule has 2 fully saturated rings. The summed E-state index contributed by atoms with van der Waals surface area (Å²) in [6.45, 7) is 0.890. The lowest BCUT2D eigenvalue weighted by molar-refractivity contribution is -0.143. The van der Waals surface area contributed by atoms with E-state index in [0.29, 0.717) is 24.6 Å². The smallest absolute Gasteiger partial charge is 0.242 e. The summed E-state index contributed by atoms with van der Waals surface area (Å²) in [5.41, 5.74) is 2.24. The number of hydrogen-bond donors (Lipinski definition) is 2. The molecule has 0 aromatic heterocycles. The number of benzene rings is 2. The topological polar surface area (TPSA) is 126 Å². The van der Waals surface area contributed by atoms with E-state index in [9.17, 15) is 24.9 Å². The highest BCUT2D eigenvalue weighted by Crippen LogP contribution is 2.29. The second-order valence-corrected chi connectivity index (χ2v) is 12.2. The Morgan fingerprint density at radius 3 is 2.16 bits per heavy atom. The van der Waals surface area contributed by atoms with Gasteiger partial charge in [0.05, 0.1) is 17.7 Å². The Balaban J connectivity index is 1.50. The van der Waals surface area contributed by atoms with Gasteiger partial charge in [-0.1, -0.05) is 61.7 Å². The number of amides is 3. The van der Waals surface area contributed by atoms with Crippen molar-refractivity contribution in [2.75, 3.05) is 13.6 Å². The van der Waals surface area contributed by atoms with Gasteiger partial charge in [-0.2, -0.15) is 10.5 Å². The van der Waals surface area contributed by atoms with Crippen molar-refractivity contribution in [1.82, 2.24) is 15.5 Å². The fraction of sp³-hybridized carbons (Fsp3) is 0.514. The van der Waals surface area contributed by atoms with Crippen LogP contribution in [-0.2, 0) is 27.3 Å². The molecular formula is C35H43N5O3. The molecule has 0 saturated heterocycles. The van der Waals surface area contributed by atoms with Gasteiger partial charge in [-0.25, -0.2) is 0 Å². The maximum Gasteiger partial charge on any atom is 0.242 e. The number of nitriles is 2. The third-order valence-electron chi connectivity index (χ3n) is 9.07. The van der Waals surface area contributed by atoms with Gasteiger partial charge in [-0.05, 0) is 80.0 Å². The molecule has 0 heterocycles. The SMILES string of the molecule is CN(Cc1ccccc1)C(=O)[C@H](Cc1ccc(C#N)cc1)C(=O)N[C@H](C(=O)NCC1CCC(C#N)CC1)C1CCCCC1. The quantitative estimate of drug-likeness (QED) is 0.366. The van der Waals surface area contributed by atoms with Crippen LogP contribution in [0.3, 0.4) is 0 Å². The molecule has 8 heteroatoms. The Kier molecular flexibility index (Phi) is 11.7. The van der Waals surface area contributed by atoms with Crippen LogP contribution in [0.1, 0.15) is 74.5 Å². The molecule has 2 aromatic carbocycles. The third kappa shape index (κ3) is 9.16. The molecule has 0 unspecified atom stereocenters. The molecule has 0 aliphatic heterocycles. The van der Waals surface area contributed by atoms with Crippen molar-refractivity contribution >= 4 is 17.7 Å². The van der Waals surface area contributed by atoms with E-state index in [1.54, 1.807) is 36.2 Å². The zero-order valence-corrected chi connectivity index (χ0v) is 25.1. The highest BCUT2D eigenvalue weighted by molar-refractivity contribution is 6.02. The molecule has 0 spiro atoms. The van der Waals surface area contributed by atoms with Crippen LogP contribution in [0.4, 0.5) is 0 Å². The Labute approximate surface area is 255 Å². The van der Waals surface area contributed by atoms with E-state index in [1.165, 1.54) is 0 Å². The second kappa shape index (κ2) is 15.9. The van der Waals surface area contributed by atoms with Crippen LogP contribution in [0.25, 0.3) is 0 Å². The van der Waals surface area contributed by atoms with Gasteiger partial charge in [0.1, 0.15) is 12.0 Å². The van der Waals surface area contributed by atoms with Crippen molar-refractivity contribution in [2.24, 2.45) is 23.7 Å². The monoisotopic (exact) mass is 581 g/mol. The molecular weight excluding hydrogens is 538 g/mol. The number of carbonyl (C=O) groups is 3. The van der Waals surface area contributed by atoms with Crippen molar-refractivity contribution in [1.29, 1.82) is 10.5 Å². The van der Waals surface area contributed by atoms with E-state index in [-0.39, 0.29) is 30.1 Å². The molecule has 226 valence electrons. The molecule has 2 saturated carbocycles. The van der Waals surface area contributed by atoms with Crippen LogP contribution in [0.5, 0.6) is 0 Å². The zero-order chi connectivity index (χ0) is 30.6. The molecule has 2 aliphatic carbocycles. The van der Waals surface area contributed by atoms with Gasteiger partial charge in [0.2, 0.25) is 17.7 Å². The van der Waals surface area contributed by atoms with Crippen LogP contribution >= 0.6 is 0 Å². The van der Waals surface area contributed by atoms with E-state index >= 15 is 0 Å². The Morgan fingerprint density at radius 1 is 0.860 bits per heavy atom. The number of nitrogens with one attached hydrogen (secondary N) is 2. The van der Waals surface area contributed by atoms with Gasteiger partial charge in [0, 0.05) is 26.1 Å². The van der Waals surface area contributed by atoms with Gasteiger partial charge in [0.25, 0.3) is 0 Å². The first-order valence-corrected chi connectivity index (χ1v) is 15.6. The lowest BCUT2D eigenvalue weighted by Gasteiger charge is -2.32. The normalized spacial score (nSPS) is 20.1. The summed E-state index contributed by atoms with van der Waals surface area (Å²) in [7, 11) is 1.70. The van der Waals surface area contributed by atoms with E-state index in [0.717, 1.165) is 68.9 Å².